The van der Waals surface area contributed by atoms with E-state index in [2.05, 4.69) is 4.98 Å². The van der Waals surface area contributed by atoms with Crippen molar-refractivity contribution in [1.29, 1.82) is 0 Å². The normalized spacial score (nSPS) is 17.1. The molecule has 7 nitrogen and oxygen atoms in total. The molecule has 1 fully saturated rings. The molecule has 0 amide bonds. The minimum absolute atomic E-state index is 0.0272. The van der Waals surface area contributed by atoms with Gasteiger partial charge in [0.05, 0.1) is 28.8 Å². The van der Waals surface area contributed by atoms with E-state index in [-0.39, 0.29) is 17.5 Å². The second-order valence-electron chi connectivity index (χ2n) is 6.67. The highest BCUT2D eigenvalue weighted by Crippen LogP contribution is 2.29. The van der Waals surface area contributed by atoms with E-state index in [1.165, 1.54) is 12.1 Å². The van der Waals surface area contributed by atoms with Crippen LogP contribution in [-0.4, -0.2) is 27.2 Å². The first-order valence-electron chi connectivity index (χ1n) is 8.99. The van der Waals surface area contributed by atoms with Crippen molar-refractivity contribution in [2.45, 2.75) is 31.9 Å². The zero-order chi connectivity index (χ0) is 18.8. The fourth-order valence-corrected chi connectivity index (χ4v) is 3.53. The minimum atomic E-state index is -0.437. The Morgan fingerprint density at radius 2 is 2.00 bits per heavy atom. The summed E-state index contributed by atoms with van der Waals surface area (Å²) in [6.07, 6.45) is 2.95. The molecule has 1 aliphatic heterocycles. The van der Waals surface area contributed by atoms with Crippen molar-refractivity contribution in [1.82, 2.24) is 9.55 Å². The van der Waals surface area contributed by atoms with Gasteiger partial charge in [-0.3, -0.25) is 14.7 Å². The van der Waals surface area contributed by atoms with E-state index in [1.54, 1.807) is 10.6 Å². The van der Waals surface area contributed by atoms with Crippen molar-refractivity contribution < 1.29 is 9.66 Å². The molecular formula is C20H19N3O4. The van der Waals surface area contributed by atoms with Gasteiger partial charge in [0.1, 0.15) is 0 Å². The third-order valence-corrected chi connectivity index (χ3v) is 4.88. The van der Waals surface area contributed by atoms with Gasteiger partial charge in [-0.05, 0) is 25.3 Å². The largest absolute Gasteiger partial charge is 0.376 e. The van der Waals surface area contributed by atoms with Crippen molar-refractivity contribution in [2.75, 3.05) is 6.61 Å². The molecule has 4 rings (SSSR count). The van der Waals surface area contributed by atoms with E-state index in [0.717, 1.165) is 24.8 Å². The van der Waals surface area contributed by atoms with Gasteiger partial charge in [-0.2, -0.15) is 4.98 Å². The number of nitro benzene ring substituents is 1. The zero-order valence-electron chi connectivity index (χ0n) is 14.7. The third-order valence-electron chi connectivity index (χ3n) is 4.88. The van der Waals surface area contributed by atoms with E-state index < -0.39 is 4.92 Å². The summed E-state index contributed by atoms with van der Waals surface area (Å²) in [6.45, 7) is 1.09. The van der Waals surface area contributed by atoms with Crippen LogP contribution in [0.4, 0.5) is 5.69 Å². The number of benzene rings is 2. The van der Waals surface area contributed by atoms with Crippen LogP contribution in [0.15, 0.2) is 53.3 Å². The number of non-ortho nitro benzene ring substituents is 1. The molecule has 1 aromatic heterocycles. The summed E-state index contributed by atoms with van der Waals surface area (Å²) >= 11 is 0. The Kier molecular flexibility index (Phi) is 4.68. The summed E-state index contributed by atoms with van der Waals surface area (Å²) in [4.78, 5) is 27.9. The van der Waals surface area contributed by atoms with Crippen LogP contribution in [0, 0.1) is 10.1 Å². The molecule has 0 spiro atoms. The van der Waals surface area contributed by atoms with Gasteiger partial charge in [-0.15, -0.1) is 0 Å². The molecule has 1 saturated heterocycles. The van der Waals surface area contributed by atoms with Gasteiger partial charge in [-0.1, -0.05) is 30.3 Å². The quantitative estimate of drug-likeness (QED) is 0.521. The van der Waals surface area contributed by atoms with E-state index in [9.17, 15) is 14.9 Å². The fourth-order valence-electron chi connectivity index (χ4n) is 3.53. The van der Waals surface area contributed by atoms with E-state index in [1.807, 2.05) is 30.3 Å². The zero-order valence-corrected chi connectivity index (χ0v) is 14.7. The molecule has 2 aromatic carbocycles. The van der Waals surface area contributed by atoms with Crippen LogP contribution in [0.3, 0.4) is 0 Å². The minimum Gasteiger partial charge on any atom is -0.376 e. The first kappa shape index (κ1) is 17.4. The molecule has 0 N–H and O–H groups in total. The Bertz CT molecular complexity index is 1040. The summed E-state index contributed by atoms with van der Waals surface area (Å²) in [6, 6.07) is 13.8. The van der Waals surface area contributed by atoms with Gasteiger partial charge >= 0.3 is 5.69 Å². The van der Waals surface area contributed by atoms with Crippen LogP contribution in [0.1, 0.15) is 19.3 Å². The van der Waals surface area contributed by atoms with Crippen molar-refractivity contribution >= 4 is 16.6 Å². The lowest BCUT2D eigenvalue weighted by atomic mass is 10.1. The smallest absolute Gasteiger partial charge is 0.348 e. The maximum Gasteiger partial charge on any atom is 0.348 e. The predicted molar refractivity (Wildman–Crippen MR) is 102 cm³/mol. The topological polar surface area (TPSA) is 87.3 Å². The summed E-state index contributed by atoms with van der Waals surface area (Å²) in [5, 5.41) is 11.8. The molecule has 2 heterocycles. The second kappa shape index (κ2) is 7.28. The molecule has 1 aliphatic rings. The van der Waals surface area contributed by atoms with Gasteiger partial charge in [0, 0.05) is 29.7 Å². The number of nitro groups is 1. The molecule has 1 atom stereocenters. The number of nitrogens with zero attached hydrogens (tertiary/aromatic N) is 3. The van der Waals surface area contributed by atoms with E-state index in [4.69, 9.17) is 4.74 Å². The number of fused-ring (bicyclic) bond motifs is 1. The highest BCUT2D eigenvalue weighted by Gasteiger charge is 2.20. The molecule has 7 heteroatoms. The molecule has 27 heavy (non-hydrogen) atoms. The van der Waals surface area contributed by atoms with E-state index >= 15 is 0 Å². The molecule has 0 aliphatic carbocycles. The maximum absolute atomic E-state index is 12.8. The summed E-state index contributed by atoms with van der Waals surface area (Å²) < 4.78 is 7.34. The second-order valence-corrected chi connectivity index (χ2v) is 6.67. The Morgan fingerprint density at radius 1 is 1.19 bits per heavy atom. The Balaban J connectivity index is 1.91. The van der Waals surface area contributed by atoms with Crippen LogP contribution in [0.2, 0.25) is 0 Å². The monoisotopic (exact) mass is 365 g/mol. The lowest BCUT2D eigenvalue weighted by molar-refractivity contribution is -0.384. The van der Waals surface area contributed by atoms with Gasteiger partial charge in [-0.25, -0.2) is 4.79 Å². The first-order valence-corrected chi connectivity index (χ1v) is 8.99. The number of rotatable bonds is 4. The summed E-state index contributed by atoms with van der Waals surface area (Å²) in [7, 11) is 0. The van der Waals surface area contributed by atoms with Crippen molar-refractivity contribution in [2.24, 2.45) is 0 Å². The van der Waals surface area contributed by atoms with Crippen LogP contribution in [0.5, 0.6) is 0 Å². The summed E-state index contributed by atoms with van der Waals surface area (Å²) in [5.74, 6) is 0. The highest BCUT2D eigenvalue weighted by atomic mass is 16.6. The van der Waals surface area contributed by atoms with Gasteiger partial charge in [0.25, 0.3) is 5.69 Å². The van der Waals surface area contributed by atoms with Crippen molar-refractivity contribution in [3.8, 4) is 11.3 Å². The lowest BCUT2D eigenvalue weighted by Crippen LogP contribution is -2.32. The van der Waals surface area contributed by atoms with Crippen LogP contribution < -0.4 is 5.69 Å². The Morgan fingerprint density at radius 3 is 2.70 bits per heavy atom. The number of hydrogen-bond donors (Lipinski definition) is 0. The maximum atomic E-state index is 12.8. The van der Waals surface area contributed by atoms with Gasteiger partial charge in [0.15, 0.2) is 0 Å². The van der Waals surface area contributed by atoms with Crippen molar-refractivity contribution in [3.05, 3.63) is 69.1 Å². The lowest BCUT2D eigenvalue weighted by Gasteiger charge is -2.24. The molecule has 138 valence electrons. The number of aromatic nitrogens is 2. The fraction of sp³-hybridized carbons (Fsp3) is 0.300. The molecule has 0 saturated carbocycles. The molecule has 0 radical (unpaired) electrons. The standard InChI is InChI=1S/C20H19N3O4/c24-20-21-19(14-6-2-1-3-7-14)17-12-15(23(25)26)9-10-18(17)22(20)13-16-8-4-5-11-27-16/h1-3,6-7,9-10,12,16H,4-5,8,11,13H2. The molecule has 0 bridgehead atoms. The average molecular weight is 365 g/mol. The number of hydrogen-bond acceptors (Lipinski definition) is 5. The Hall–Kier alpha value is -3.06. The van der Waals surface area contributed by atoms with Crippen LogP contribution in [-0.2, 0) is 11.3 Å². The predicted octanol–water partition coefficient (Wildman–Crippen LogP) is 3.54. The van der Waals surface area contributed by atoms with Crippen molar-refractivity contribution in [3.63, 3.8) is 0 Å². The Labute approximate surface area is 155 Å². The summed E-state index contributed by atoms with van der Waals surface area (Å²) in [5.41, 5.74) is 1.44. The van der Waals surface area contributed by atoms with E-state index in [0.29, 0.717) is 29.7 Å². The van der Waals surface area contributed by atoms with Gasteiger partial charge in [0.2, 0.25) is 0 Å². The van der Waals surface area contributed by atoms with Gasteiger partial charge < -0.3 is 4.74 Å². The number of ether oxygens (including phenoxy) is 1. The molecule has 3 aromatic rings. The highest BCUT2D eigenvalue weighted by molar-refractivity contribution is 5.93. The first-order chi connectivity index (χ1) is 13.1. The SMILES string of the molecule is O=c1nc(-c2ccccc2)c2cc([N+](=O)[O-])ccc2n1CC1CCCCO1. The van der Waals surface area contributed by atoms with Crippen LogP contribution in [0.25, 0.3) is 22.2 Å². The molecular weight excluding hydrogens is 346 g/mol. The molecule has 1 unspecified atom stereocenters. The average Bonchev–Trinajstić information content (AvgIpc) is 2.71. The van der Waals surface area contributed by atoms with Crippen LogP contribution >= 0.6 is 0 Å². The third kappa shape index (κ3) is 3.46.